The summed E-state index contributed by atoms with van der Waals surface area (Å²) in [5.74, 6) is 2.26. The Hall–Kier alpha value is -2.37. The van der Waals surface area contributed by atoms with E-state index in [2.05, 4.69) is 45.0 Å². The molecule has 2 amide bonds. The number of carbonyl (C=O) groups excluding carboxylic acids is 1. The van der Waals surface area contributed by atoms with E-state index >= 15 is 0 Å². The van der Waals surface area contributed by atoms with Crippen molar-refractivity contribution in [3.8, 4) is 0 Å². The molecule has 0 spiro atoms. The average Bonchev–Trinajstić information content (AvgIpc) is 3.11. The summed E-state index contributed by atoms with van der Waals surface area (Å²) >= 11 is 0. The second-order valence-electron chi connectivity index (χ2n) is 7.19. The van der Waals surface area contributed by atoms with E-state index in [-0.39, 0.29) is 12.1 Å². The molecule has 25 heavy (non-hydrogen) atoms. The highest BCUT2D eigenvalue weighted by atomic mass is 16.5. The first-order valence-corrected chi connectivity index (χ1v) is 9.09. The molecule has 0 radical (unpaired) electrons. The van der Waals surface area contributed by atoms with Crippen LogP contribution >= 0.6 is 0 Å². The van der Waals surface area contributed by atoms with Crippen molar-refractivity contribution < 1.29 is 9.32 Å². The number of urea groups is 1. The first-order chi connectivity index (χ1) is 12.2. The number of aromatic nitrogens is 2. The fourth-order valence-electron chi connectivity index (χ4n) is 4.31. The van der Waals surface area contributed by atoms with Gasteiger partial charge in [0.2, 0.25) is 5.89 Å². The van der Waals surface area contributed by atoms with Crippen molar-refractivity contribution in [3.63, 3.8) is 0 Å². The van der Waals surface area contributed by atoms with Gasteiger partial charge in [0, 0.05) is 19.0 Å². The number of benzene rings is 1. The minimum atomic E-state index is -0.0934. The molecule has 2 aromatic rings. The number of hydrogen-bond acceptors (Lipinski definition) is 4. The highest BCUT2D eigenvalue weighted by Gasteiger charge is 2.39. The second kappa shape index (κ2) is 6.86. The van der Waals surface area contributed by atoms with E-state index in [4.69, 9.17) is 4.52 Å². The van der Waals surface area contributed by atoms with Crippen LogP contribution in [0.1, 0.15) is 35.7 Å². The van der Waals surface area contributed by atoms with Gasteiger partial charge in [0.05, 0.1) is 0 Å². The van der Waals surface area contributed by atoms with Crippen molar-refractivity contribution in [2.24, 2.45) is 11.8 Å². The molecule has 0 unspecified atom stereocenters. The summed E-state index contributed by atoms with van der Waals surface area (Å²) in [7, 11) is 0. The fourth-order valence-corrected chi connectivity index (χ4v) is 4.31. The van der Waals surface area contributed by atoms with Crippen LogP contribution in [0.5, 0.6) is 0 Å². The van der Waals surface area contributed by atoms with Gasteiger partial charge in [0.25, 0.3) is 0 Å². The third kappa shape index (κ3) is 3.52. The van der Waals surface area contributed by atoms with E-state index in [1.165, 1.54) is 24.0 Å². The van der Waals surface area contributed by atoms with Crippen LogP contribution in [0.2, 0.25) is 0 Å². The summed E-state index contributed by atoms with van der Waals surface area (Å²) in [6.45, 7) is 2.28. The maximum Gasteiger partial charge on any atom is 0.315 e. The number of nitrogens with zero attached hydrogens (tertiary/aromatic N) is 2. The maximum absolute atomic E-state index is 12.3. The predicted octanol–water partition coefficient (Wildman–Crippen LogP) is 2.41. The molecular weight excluding hydrogens is 316 g/mol. The highest BCUT2D eigenvalue weighted by molar-refractivity contribution is 5.74. The SMILES string of the molecule is Cc1noc(CCNC(=O)NC2[C@H]3CC[C@H]2Cc2ccccc2C3)n1. The lowest BCUT2D eigenvalue weighted by Gasteiger charge is -2.23. The van der Waals surface area contributed by atoms with Crippen molar-refractivity contribution in [1.29, 1.82) is 0 Å². The third-order valence-electron chi connectivity index (χ3n) is 5.50. The molecular formula is C19H24N4O2. The van der Waals surface area contributed by atoms with Crippen LogP contribution in [-0.4, -0.2) is 28.8 Å². The van der Waals surface area contributed by atoms with E-state index in [1.54, 1.807) is 6.92 Å². The number of carbonyl (C=O) groups is 1. The van der Waals surface area contributed by atoms with E-state index < -0.39 is 0 Å². The Labute approximate surface area is 147 Å². The van der Waals surface area contributed by atoms with Gasteiger partial charge >= 0.3 is 6.03 Å². The molecule has 2 aliphatic carbocycles. The second-order valence-corrected chi connectivity index (χ2v) is 7.19. The van der Waals surface area contributed by atoms with Gasteiger partial charge in [-0.1, -0.05) is 29.4 Å². The molecule has 2 N–H and O–H groups in total. The van der Waals surface area contributed by atoms with E-state index in [0.717, 1.165) is 12.8 Å². The Balaban J connectivity index is 1.32. The lowest BCUT2D eigenvalue weighted by molar-refractivity contribution is 0.228. The van der Waals surface area contributed by atoms with Crippen LogP contribution in [0.4, 0.5) is 4.79 Å². The van der Waals surface area contributed by atoms with Crippen LogP contribution in [-0.2, 0) is 19.3 Å². The topological polar surface area (TPSA) is 80.0 Å². The maximum atomic E-state index is 12.3. The van der Waals surface area contributed by atoms with Crippen molar-refractivity contribution in [2.75, 3.05) is 6.54 Å². The standard InChI is InChI=1S/C19H24N4O2/c1-12-21-17(25-23-12)8-9-20-19(24)22-18-15-6-7-16(18)11-14-5-3-2-4-13(14)10-15/h2-5,15-16,18H,6-11H2,1H3,(H2,20,22,24)/t15-,16-/m0/s1. The molecule has 132 valence electrons. The minimum absolute atomic E-state index is 0.0934. The Morgan fingerprint density at radius 3 is 2.48 bits per heavy atom. The molecule has 1 saturated carbocycles. The summed E-state index contributed by atoms with van der Waals surface area (Å²) in [6.07, 6.45) is 5.09. The van der Waals surface area contributed by atoms with Gasteiger partial charge in [0.15, 0.2) is 5.82 Å². The third-order valence-corrected chi connectivity index (χ3v) is 5.50. The van der Waals surface area contributed by atoms with E-state index in [0.29, 0.717) is 36.5 Å². The highest BCUT2D eigenvalue weighted by Crippen LogP contribution is 2.39. The molecule has 1 aromatic carbocycles. The van der Waals surface area contributed by atoms with Gasteiger partial charge in [-0.2, -0.15) is 4.98 Å². The summed E-state index contributed by atoms with van der Waals surface area (Å²) in [6, 6.07) is 8.87. The molecule has 1 aromatic heterocycles. The average molecular weight is 340 g/mol. The van der Waals surface area contributed by atoms with Crippen molar-refractivity contribution >= 4 is 6.03 Å². The number of nitrogens with one attached hydrogen (secondary N) is 2. The monoisotopic (exact) mass is 340 g/mol. The van der Waals surface area contributed by atoms with Gasteiger partial charge in [0.1, 0.15) is 0 Å². The van der Waals surface area contributed by atoms with Crippen LogP contribution in [0, 0.1) is 18.8 Å². The van der Waals surface area contributed by atoms with Crippen molar-refractivity contribution in [3.05, 3.63) is 47.1 Å². The molecule has 6 heteroatoms. The molecule has 2 aliphatic rings. The molecule has 1 heterocycles. The van der Waals surface area contributed by atoms with Gasteiger partial charge < -0.3 is 15.2 Å². The van der Waals surface area contributed by atoms with Crippen molar-refractivity contribution in [2.45, 2.75) is 45.1 Å². The summed E-state index contributed by atoms with van der Waals surface area (Å²) < 4.78 is 5.06. The zero-order valence-corrected chi connectivity index (χ0v) is 14.5. The Morgan fingerprint density at radius 2 is 1.88 bits per heavy atom. The van der Waals surface area contributed by atoms with E-state index in [1.807, 2.05) is 0 Å². The Morgan fingerprint density at radius 1 is 1.20 bits per heavy atom. The summed E-state index contributed by atoms with van der Waals surface area (Å²) in [5.41, 5.74) is 2.90. The first-order valence-electron chi connectivity index (χ1n) is 9.09. The molecule has 0 aliphatic heterocycles. The van der Waals surface area contributed by atoms with Crippen LogP contribution in [0.15, 0.2) is 28.8 Å². The Kier molecular flexibility index (Phi) is 4.42. The molecule has 0 saturated heterocycles. The first kappa shape index (κ1) is 16.1. The van der Waals surface area contributed by atoms with Gasteiger partial charge in [-0.15, -0.1) is 0 Å². The van der Waals surface area contributed by atoms with Gasteiger partial charge in [-0.3, -0.25) is 0 Å². The normalized spacial score (nSPS) is 24.4. The number of aryl methyl sites for hydroxylation is 1. The Bertz CT molecular complexity index is 724. The minimum Gasteiger partial charge on any atom is -0.339 e. The quantitative estimate of drug-likeness (QED) is 0.896. The van der Waals surface area contributed by atoms with Gasteiger partial charge in [-0.25, -0.2) is 4.79 Å². The predicted molar refractivity (Wildman–Crippen MR) is 93.1 cm³/mol. The zero-order chi connectivity index (χ0) is 17.2. The number of fused-ring (bicyclic) bond motifs is 3. The fraction of sp³-hybridized carbons (Fsp3) is 0.526. The molecule has 4 rings (SSSR count). The molecule has 2 atom stereocenters. The largest absolute Gasteiger partial charge is 0.339 e. The smallest absolute Gasteiger partial charge is 0.315 e. The summed E-state index contributed by atoms with van der Waals surface area (Å²) in [5, 5.41) is 9.90. The number of amides is 2. The molecule has 2 bridgehead atoms. The van der Waals surface area contributed by atoms with Crippen molar-refractivity contribution in [1.82, 2.24) is 20.8 Å². The number of rotatable bonds is 4. The van der Waals surface area contributed by atoms with Crippen LogP contribution in [0.25, 0.3) is 0 Å². The number of hydrogen-bond donors (Lipinski definition) is 2. The zero-order valence-electron chi connectivity index (χ0n) is 14.5. The lowest BCUT2D eigenvalue weighted by Crippen LogP contribution is -2.47. The van der Waals surface area contributed by atoms with Crippen LogP contribution in [0.3, 0.4) is 0 Å². The molecule has 6 nitrogen and oxygen atoms in total. The van der Waals surface area contributed by atoms with Gasteiger partial charge in [-0.05, 0) is 55.6 Å². The molecule has 1 fully saturated rings. The summed E-state index contributed by atoms with van der Waals surface area (Å²) in [4.78, 5) is 16.5. The van der Waals surface area contributed by atoms with E-state index in [9.17, 15) is 4.79 Å². The van der Waals surface area contributed by atoms with Crippen LogP contribution < -0.4 is 10.6 Å². The lowest BCUT2D eigenvalue weighted by atomic mass is 9.94.